The molecule has 2 N–H and O–H groups in total. The number of hydrogen-bond acceptors (Lipinski definition) is 5. The van der Waals surface area contributed by atoms with Crippen LogP contribution in [0.2, 0.25) is 0 Å². The molecule has 0 spiro atoms. The number of benzene rings is 1. The quantitative estimate of drug-likeness (QED) is 0.579. The third-order valence-corrected chi connectivity index (χ3v) is 4.31. The van der Waals surface area contributed by atoms with Crippen LogP contribution >= 0.6 is 27.7 Å². The molecule has 0 saturated carbocycles. The molecule has 0 bridgehead atoms. The second-order valence-electron chi connectivity index (χ2n) is 4.26. The van der Waals surface area contributed by atoms with Crippen LogP contribution in [0.15, 0.2) is 49.8 Å². The number of ether oxygens (including phenoxy) is 1. The van der Waals surface area contributed by atoms with Crippen molar-refractivity contribution in [3.8, 4) is 0 Å². The average molecular weight is 370 g/mol. The summed E-state index contributed by atoms with van der Waals surface area (Å²) in [6.45, 7) is 2.28. The van der Waals surface area contributed by atoms with Crippen LogP contribution in [0.5, 0.6) is 0 Å². The maximum atomic E-state index is 11.2. The highest BCUT2D eigenvalue weighted by Gasteiger charge is 2.04. The normalized spacial score (nSPS) is 10.8. The lowest BCUT2D eigenvalue weighted by Crippen LogP contribution is -2.18. The molecule has 1 aromatic carbocycles. The molecule has 0 radical (unpaired) electrons. The first kappa shape index (κ1) is 16.2. The zero-order valence-corrected chi connectivity index (χ0v) is 14.0. The maximum absolute atomic E-state index is 11.2. The number of hydrogen-bond donors (Lipinski definition) is 2. The Morgan fingerprint density at radius 1 is 1.43 bits per heavy atom. The van der Waals surface area contributed by atoms with Crippen molar-refractivity contribution in [2.45, 2.75) is 16.6 Å². The highest BCUT2D eigenvalue weighted by molar-refractivity contribution is 9.10. The molecule has 0 amide bonds. The maximum Gasteiger partial charge on any atom is 0.251 e. The van der Waals surface area contributed by atoms with Gasteiger partial charge in [0.2, 0.25) is 0 Å². The van der Waals surface area contributed by atoms with Gasteiger partial charge in [-0.25, -0.2) is 4.98 Å². The van der Waals surface area contributed by atoms with E-state index >= 15 is 0 Å². The minimum atomic E-state index is -0.148. The fraction of sp³-hybridized carbons (Fsp3) is 0.286. The molecule has 2 rings (SSSR count). The van der Waals surface area contributed by atoms with E-state index in [1.54, 1.807) is 7.11 Å². The van der Waals surface area contributed by atoms with Gasteiger partial charge in [0.15, 0.2) is 5.16 Å². The fourth-order valence-corrected chi connectivity index (χ4v) is 3.12. The van der Waals surface area contributed by atoms with Crippen LogP contribution in [0.4, 0.5) is 0 Å². The van der Waals surface area contributed by atoms with Gasteiger partial charge in [-0.1, -0.05) is 33.8 Å². The number of aromatic amines is 1. The Kier molecular flexibility index (Phi) is 6.44. The first-order valence-corrected chi connectivity index (χ1v) is 8.01. The van der Waals surface area contributed by atoms with Gasteiger partial charge < -0.3 is 15.0 Å². The number of rotatable bonds is 7. The number of nitrogens with one attached hydrogen (secondary N) is 2. The molecule has 5 nitrogen and oxygen atoms in total. The summed E-state index contributed by atoms with van der Waals surface area (Å²) >= 11 is 4.99. The molecule has 0 unspecified atom stereocenters. The molecule has 7 heteroatoms. The minimum Gasteiger partial charge on any atom is -0.383 e. The summed E-state index contributed by atoms with van der Waals surface area (Å²) in [6, 6.07) is 7.47. The molecule has 21 heavy (non-hydrogen) atoms. The lowest BCUT2D eigenvalue weighted by atomic mass is 10.2. The second kappa shape index (κ2) is 8.33. The van der Waals surface area contributed by atoms with Crippen LogP contribution in [-0.4, -0.2) is 30.2 Å². The molecule has 0 aliphatic heterocycles. The molecule has 0 aliphatic rings. The van der Waals surface area contributed by atoms with Gasteiger partial charge in [-0.2, -0.15) is 0 Å². The Morgan fingerprint density at radius 2 is 2.29 bits per heavy atom. The van der Waals surface area contributed by atoms with Crippen molar-refractivity contribution in [2.75, 3.05) is 20.3 Å². The Morgan fingerprint density at radius 3 is 3.00 bits per heavy atom. The van der Waals surface area contributed by atoms with Gasteiger partial charge in [0.25, 0.3) is 5.56 Å². The highest BCUT2D eigenvalue weighted by Crippen LogP contribution is 2.28. The summed E-state index contributed by atoms with van der Waals surface area (Å²) in [6.07, 6.45) is 1.50. The molecule has 0 atom stereocenters. The summed E-state index contributed by atoms with van der Waals surface area (Å²) in [7, 11) is 1.69. The first-order valence-electron chi connectivity index (χ1n) is 6.40. The van der Waals surface area contributed by atoms with Crippen molar-refractivity contribution in [1.82, 2.24) is 15.3 Å². The number of H-pyrrole nitrogens is 1. The Bertz CT molecular complexity index is 648. The van der Waals surface area contributed by atoms with Gasteiger partial charge in [0.05, 0.1) is 6.61 Å². The molecule has 0 fully saturated rings. The Balaban J connectivity index is 2.00. The van der Waals surface area contributed by atoms with Gasteiger partial charge >= 0.3 is 0 Å². The van der Waals surface area contributed by atoms with Gasteiger partial charge in [-0.15, -0.1) is 0 Å². The van der Waals surface area contributed by atoms with E-state index in [9.17, 15) is 4.79 Å². The lowest BCUT2D eigenvalue weighted by molar-refractivity contribution is 0.199. The van der Waals surface area contributed by atoms with E-state index in [0.717, 1.165) is 22.5 Å². The van der Waals surface area contributed by atoms with E-state index in [2.05, 4.69) is 31.2 Å². The van der Waals surface area contributed by atoms with E-state index < -0.39 is 0 Å². The molecular weight excluding hydrogens is 354 g/mol. The molecule has 1 aromatic heterocycles. The predicted molar refractivity (Wildman–Crippen MR) is 86.7 cm³/mol. The zero-order chi connectivity index (χ0) is 15.1. The summed E-state index contributed by atoms with van der Waals surface area (Å²) < 4.78 is 6.02. The van der Waals surface area contributed by atoms with Crippen LogP contribution in [0.1, 0.15) is 5.56 Å². The number of halogens is 1. The van der Waals surface area contributed by atoms with Crippen LogP contribution in [0.3, 0.4) is 0 Å². The lowest BCUT2D eigenvalue weighted by Gasteiger charge is -2.08. The van der Waals surface area contributed by atoms with Gasteiger partial charge in [-0.3, -0.25) is 4.79 Å². The molecule has 112 valence electrons. The average Bonchev–Trinajstić information content (AvgIpc) is 2.45. The smallest absolute Gasteiger partial charge is 0.251 e. The first-order chi connectivity index (χ1) is 10.2. The number of aromatic nitrogens is 2. The van der Waals surface area contributed by atoms with Crippen LogP contribution in [0, 0.1) is 0 Å². The topological polar surface area (TPSA) is 67.0 Å². The minimum absolute atomic E-state index is 0.148. The van der Waals surface area contributed by atoms with Crippen molar-refractivity contribution >= 4 is 27.7 Å². The van der Waals surface area contributed by atoms with E-state index in [4.69, 9.17) is 4.74 Å². The monoisotopic (exact) mass is 369 g/mol. The molecule has 0 aliphatic carbocycles. The van der Waals surface area contributed by atoms with Crippen molar-refractivity contribution in [1.29, 1.82) is 0 Å². The fourth-order valence-electron chi connectivity index (χ4n) is 1.65. The molecule has 1 heterocycles. The number of nitrogens with zero attached hydrogens (tertiary/aromatic N) is 1. The van der Waals surface area contributed by atoms with Crippen LogP contribution < -0.4 is 10.9 Å². The third kappa shape index (κ3) is 5.28. The van der Waals surface area contributed by atoms with Crippen molar-refractivity contribution in [3.05, 3.63) is 50.9 Å². The molecular formula is C14H16BrN3O2S. The Labute approximate surface area is 135 Å². The van der Waals surface area contributed by atoms with Crippen molar-refractivity contribution in [3.63, 3.8) is 0 Å². The van der Waals surface area contributed by atoms with Crippen molar-refractivity contribution < 1.29 is 4.74 Å². The van der Waals surface area contributed by atoms with Gasteiger partial charge in [-0.05, 0) is 17.7 Å². The van der Waals surface area contributed by atoms with Gasteiger partial charge in [0, 0.05) is 41.8 Å². The van der Waals surface area contributed by atoms with E-state index in [-0.39, 0.29) is 5.56 Å². The SMILES string of the molecule is COCCNCc1ccc(Sc2nccc(=O)[nH]2)cc1Br. The molecule has 2 aromatic rings. The van der Waals surface area contributed by atoms with Crippen LogP contribution in [-0.2, 0) is 11.3 Å². The summed E-state index contributed by atoms with van der Waals surface area (Å²) in [5.41, 5.74) is 1.02. The summed E-state index contributed by atoms with van der Waals surface area (Å²) in [5.74, 6) is 0. The number of methoxy groups -OCH3 is 1. The second-order valence-corrected chi connectivity index (χ2v) is 6.18. The van der Waals surface area contributed by atoms with Crippen LogP contribution in [0.25, 0.3) is 0 Å². The summed E-state index contributed by atoms with van der Waals surface area (Å²) in [5, 5.41) is 3.88. The van der Waals surface area contributed by atoms with E-state index in [1.807, 2.05) is 18.2 Å². The predicted octanol–water partition coefficient (Wildman–Crippen LogP) is 2.42. The Hall–Kier alpha value is -1.15. The molecule has 0 saturated heterocycles. The van der Waals surface area contributed by atoms with Gasteiger partial charge in [0.1, 0.15) is 0 Å². The van der Waals surface area contributed by atoms with E-state index in [0.29, 0.717) is 11.8 Å². The standard InChI is InChI=1S/C14H16BrN3O2S/c1-20-7-6-16-9-10-2-3-11(8-12(10)15)21-14-17-5-4-13(19)18-14/h2-5,8,16H,6-7,9H2,1H3,(H,17,18,19). The van der Waals surface area contributed by atoms with Crippen molar-refractivity contribution in [2.24, 2.45) is 0 Å². The zero-order valence-electron chi connectivity index (χ0n) is 11.6. The van der Waals surface area contributed by atoms with E-state index in [1.165, 1.54) is 29.6 Å². The largest absolute Gasteiger partial charge is 0.383 e. The third-order valence-electron chi connectivity index (χ3n) is 2.69. The summed E-state index contributed by atoms with van der Waals surface area (Å²) in [4.78, 5) is 19.1. The highest BCUT2D eigenvalue weighted by atomic mass is 79.9.